The predicted molar refractivity (Wildman–Crippen MR) is 74.9 cm³/mol. The molecule has 3 rings (SSSR count). The summed E-state index contributed by atoms with van der Waals surface area (Å²) in [6.07, 6.45) is 5.41. The van der Waals surface area contributed by atoms with Crippen LogP contribution >= 0.6 is 11.6 Å². The summed E-state index contributed by atoms with van der Waals surface area (Å²) in [4.78, 5) is 7.38. The van der Waals surface area contributed by atoms with Gasteiger partial charge in [-0.2, -0.15) is 5.26 Å². The molecule has 0 unspecified atom stereocenters. The molecular weight excluding hydrogens is 260 g/mol. The van der Waals surface area contributed by atoms with Crippen molar-refractivity contribution in [2.24, 2.45) is 0 Å². The van der Waals surface area contributed by atoms with Crippen LogP contribution in [0.25, 0.3) is 11.0 Å². The zero-order chi connectivity index (χ0) is 13.5. The molecule has 2 heterocycles. The molecule has 0 amide bonds. The maximum atomic E-state index is 9.05. The molecular formula is C14H15ClN4. The minimum absolute atomic E-state index is 0.235. The third-order valence-electron chi connectivity index (χ3n) is 3.95. The summed E-state index contributed by atoms with van der Waals surface area (Å²) < 4.78 is 0. The van der Waals surface area contributed by atoms with Crippen LogP contribution in [-0.4, -0.2) is 15.5 Å². The average Bonchev–Trinajstić information content (AvgIpc) is 2.75. The Hall–Kier alpha value is -1.57. The van der Waals surface area contributed by atoms with Crippen molar-refractivity contribution in [2.45, 2.75) is 38.3 Å². The second-order valence-corrected chi connectivity index (χ2v) is 5.81. The van der Waals surface area contributed by atoms with Crippen LogP contribution in [0.2, 0.25) is 5.02 Å². The summed E-state index contributed by atoms with van der Waals surface area (Å²) in [5.74, 6) is 0. The lowest BCUT2D eigenvalue weighted by atomic mass is 9.78. The summed E-state index contributed by atoms with van der Waals surface area (Å²) in [5, 5.41) is 13.2. The maximum absolute atomic E-state index is 9.05. The van der Waals surface area contributed by atoms with Gasteiger partial charge in [0.25, 0.3) is 0 Å². The zero-order valence-electron chi connectivity index (χ0n) is 10.8. The van der Waals surface area contributed by atoms with E-state index in [1.165, 1.54) is 19.3 Å². The van der Waals surface area contributed by atoms with Gasteiger partial charge in [-0.1, -0.05) is 11.6 Å². The molecule has 1 fully saturated rings. The molecule has 5 heteroatoms. The van der Waals surface area contributed by atoms with Crippen LogP contribution in [0, 0.1) is 11.3 Å². The number of nitrogens with one attached hydrogen (secondary N) is 2. The van der Waals surface area contributed by atoms with E-state index >= 15 is 0 Å². The minimum atomic E-state index is 0.235. The van der Waals surface area contributed by atoms with E-state index in [4.69, 9.17) is 16.9 Å². The van der Waals surface area contributed by atoms with Gasteiger partial charge in [-0.3, -0.25) is 0 Å². The Morgan fingerprint density at radius 2 is 2.37 bits per heavy atom. The molecule has 2 aromatic rings. The van der Waals surface area contributed by atoms with Gasteiger partial charge < -0.3 is 10.3 Å². The molecule has 0 radical (unpaired) electrons. The Labute approximate surface area is 116 Å². The lowest BCUT2D eigenvalue weighted by Gasteiger charge is -2.39. The monoisotopic (exact) mass is 274 g/mol. The quantitative estimate of drug-likeness (QED) is 0.904. The van der Waals surface area contributed by atoms with E-state index in [-0.39, 0.29) is 5.54 Å². The maximum Gasteiger partial charge on any atom is 0.141 e. The topological polar surface area (TPSA) is 64.5 Å². The first-order chi connectivity index (χ1) is 9.11. The first kappa shape index (κ1) is 12.5. The number of nitrogens with zero attached hydrogens (tertiary/aromatic N) is 2. The Kier molecular flexibility index (Phi) is 2.96. The second kappa shape index (κ2) is 4.52. The molecule has 0 spiro atoms. The van der Waals surface area contributed by atoms with Crippen LogP contribution in [0.3, 0.4) is 0 Å². The Morgan fingerprint density at radius 3 is 3.00 bits per heavy atom. The molecule has 0 atom stereocenters. The lowest BCUT2D eigenvalue weighted by Crippen LogP contribution is -2.47. The van der Waals surface area contributed by atoms with Crippen LogP contribution in [0.15, 0.2) is 12.3 Å². The van der Waals surface area contributed by atoms with Gasteiger partial charge in [0, 0.05) is 18.3 Å². The third-order valence-corrected chi connectivity index (χ3v) is 4.24. The normalized spacial score (nSPS) is 17.1. The fourth-order valence-corrected chi connectivity index (χ4v) is 2.72. The van der Waals surface area contributed by atoms with Gasteiger partial charge in [-0.15, -0.1) is 0 Å². The van der Waals surface area contributed by atoms with Crippen LogP contribution in [0.5, 0.6) is 0 Å². The number of aromatic nitrogens is 2. The van der Waals surface area contributed by atoms with Gasteiger partial charge in [0.2, 0.25) is 0 Å². The number of pyridine rings is 1. The number of hydrogen-bond donors (Lipinski definition) is 2. The SMILES string of the molecule is CC1(NCc2cc(C#N)nc3c(Cl)c[nH]c23)CCC1. The fourth-order valence-electron chi connectivity index (χ4n) is 2.52. The number of H-pyrrole nitrogens is 1. The van der Waals surface area contributed by atoms with E-state index in [1.54, 1.807) is 6.20 Å². The molecule has 1 saturated carbocycles. The van der Waals surface area contributed by atoms with Crippen molar-refractivity contribution in [3.05, 3.63) is 28.5 Å². The molecule has 1 aliphatic rings. The molecule has 4 nitrogen and oxygen atoms in total. The van der Waals surface area contributed by atoms with E-state index in [1.807, 2.05) is 6.07 Å². The summed E-state index contributed by atoms with van der Waals surface area (Å²) in [6, 6.07) is 3.91. The molecule has 2 N–H and O–H groups in total. The Morgan fingerprint density at radius 1 is 1.58 bits per heavy atom. The van der Waals surface area contributed by atoms with Crippen molar-refractivity contribution in [3.63, 3.8) is 0 Å². The van der Waals surface area contributed by atoms with Crippen molar-refractivity contribution < 1.29 is 0 Å². The molecule has 0 aliphatic heterocycles. The number of aromatic amines is 1. The van der Waals surface area contributed by atoms with Crippen molar-refractivity contribution in [2.75, 3.05) is 0 Å². The van der Waals surface area contributed by atoms with Gasteiger partial charge in [-0.05, 0) is 37.8 Å². The van der Waals surface area contributed by atoms with Crippen molar-refractivity contribution in [1.82, 2.24) is 15.3 Å². The molecule has 2 aromatic heterocycles. The largest absolute Gasteiger partial charge is 0.358 e. The summed E-state index contributed by atoms with van der Waals surface area (Å²) in [6.45, 7) is 2.96. The van der Waals surface area contributed by atoms with E-state index in [0.717, 1.165) is 17.6 Å². The minimum Gasteiger partial charge on any atom is -0.358 e. The third kappa shape index (κ3) is 2.20. The zero-order valence-corrected chi connectivity index (χ0v) is 11.5. The van der Waals surface area contributed by atoms with Crippen LogP contribution in [0.4, 0.5) is 0 Å². The molecule has 98 valence electrons. The number of halogens is 1. The van der Waals surface area contributed by atoms with E-state index in [2.05, 4.69) is 28.3 Å². The van der Waals surface area contributed by atoms with E-state index in [9.17, 15) is 0 Å². The summed E-state index contributed by atoms with van der Waals surface area (Å²) >= 11 is 6.08. The van der Waals surface area contributed by atoms with Crippen molar-refractivity contribution in [3.8, 4) is 6.07 Å². The lowest BCUT2D eigenvalue weighted by molar-refractivity contribution is 0.207. The van der Waals surface area contributed by atoms with Gasteiger partial charge >= 0.3 is 0 Å². The second-order valence-electron chi connectivity index (χ2n) is 5.41. The molecule has 1 aliphatic carbocycles. The Bertz CT molecular complexity index is 664. The van der Waals surface area contributed by atoms with E-state index in [0.29, 0.717) is 16.2 Å². The highest BCUT2D eigenvalue weighted by Gasteiger charge is 2.31. The molecule has 0 saturated heterocycles. The molecule has 0 aromatic carbocycles. The standard InChI is InChI=1S/C14H15ClN4/c1-14(3-2-4-14)18-7-9-5-10(6-16)19-13-11(15)8-17-12(9)13/h5,8,17-18H,2-4,7H2,1H3. The van der Waals surface area contributed by atoms with Gasteiger partial charge in [0.15, 0.2) is 0 Å². The highest BCUT2D eigenvalue weighted by Crippen LogP contribution is 2.32. The van der Waals surface area contributed by atoms with E-state index < -0.39 is 0 Å². The number of fused-ring (bicyclic) bond motifs is 1. The number of nitriles is 1. The average molecular weight is 275 g/mol. The highest BCUT2D eigenvalue weighted by atomic mass is 35.5. The first-order valence-electron chi connectivity index (χ1n) is 6.43. The van der Waals surface area contributed by atoms with Crippen LogP contribution < -0.4 is 5.32 Å². The van der Waals surface area contributed by atoms with Gasteiger partial charge in [0.1, 0.15) is 17.3 Å². The smallest absolute Gasteiger partial charge is 0.141 e. The molecule has 0 bridgehead atoms. The summed E-state index contributed by atoms with van der Waals surface area (Å²) in [7, 11) is 0. The predicted octanol–water partition coefficient (Wildman–Crippen LogP) is 3.12. The first-order valence-corrected chi connectivity index (χ1v) is 6.81. The fraction of sp³-hybridized carbons (Fsp3) is 0.429. The van der Waals surface area contributed by atoms with Gasteiger partial charge in [-0.25, -0.2) is 4.98 Å². The number of rotatable bonds is 3. The summed E-state index contributed by atoms with van der Waals surface area (Å²) in [5.41, 5.74) is 3.28. The van der Waals surface area contributed by atoms with Crippen LogP contribution in [0.1, 0.15) is 37.4 Å². The van der Waals surface area contributed by atoms with Crippen LogP contribution in [-0.2, 0) is 6.54 Å². The highest BCUT2D eigenvalue weighted by molar-refractivity contribution is 6.35. The molecule has 19 heavy (non-hydrogen) atoms. The van der Waals surface area contributed by atoms with Crippen molar-refractivity contribution >= 4 is 22.6 Å². The van der Waals surface area contributed by atoms with Crippen molar-refractivity contribution in [1.29, 1.82) is 5.26 Å². The number of hydrogen-bond acceptors (Lipinski definition) is 3. The van der Waals surface area contributed by atoms with Gasteiger partial charge in [0.05, 0.1) is 10.5 Å². The Balaban J connectivity index is 1.95.